The Balaban J connectivity index is 2.42. The topological polar surface area (TPSA) is 55.6 Å². The Kier molecular flexibility index (Phi) is 3.37. The van der Waals surface area contributed by atoms with Gasteiger partial charge in [-0.2, -0.15) is 5.10 Å². The number of anilines is 1. The fourth-order valence-electron chi connectivity index (χ4n) is 1.60. The molecule has 0 amide bonds. The second kappa shape index (κ2) is 4.95. The molecule has 90 valence electrons. The van der Waals surface area contributed by atoms with Crippen molar-refractivity contribution < 1.29 is 0 Å². The van der Waals surface area contributed by atoms with Crippen LogP contribution in [0.15, 0.2) is 18.5 Å². The summed E-state index contributed by atoms with van der Waals surface area (Å²) in [4.78, 5) is 8.91. The molecule has 0 aliphatic carbocycles. The number of aromatic nitrogens is 4. The Morgan fingerprint density at radius 1 is 1.35 bits per heavy atom. The van der Waals surface area contributed by atoms with Crippen molar-refractivity contribution >= 4 is 5.82 Å². The average molecular weight is 231 g/mol. The third kappa shape index (κ3) is 2.61. The fraction of sp³-hybridized carbons (Fsp3) is 0.417. The second-order valence-corrected chi connectivity index (χ2v) is 3.99. The molecule has 0 aliphatic heterocycles. The van der Waals surface area contributed by atoms with E-state index in [-0.39, 0.29) is 0 Å². The predicted octanol–water partition coefficient (Wildman–Crippen LogP) is 1.96. The molecule has 0 bridgehead atoms. The Labute approximate surface area is 101 Å². The molecule has 0 aliphatic rings. The van der Waals surface area contributed by atoms with Crippen LogP contribution in [0.2, 0.25) is 0 Å². The minimum atomic E-state index is 0.806. The normalized spacial score (nSPS) is 10.5. The summed E-state index contributed by atoms with van der Waals surface area (Å²) < 4.78 is 1.77. The van der Waals surface area contributed by atoms with E-state index in [1.165, 1.54) is 0 Å². The monoisotopic (exact) mass is 231 g/mol. The van der Waals surface area contributed by atoms with Crippen molar-refractivity contribution in [3.8, 4) is 5.82 Å². The molecule has 5 heteroatoms. The van der Waals surface area contributed by atoms with E-state index in [0.29, 0.717) is 0 Å². The van der Waals surface area contributed by atoms with Gasteiger partial charge in [0.1, 0.15) is 11.6 Å². The van der Waals surface area contributed by atoms with Crippen molar-refractivity contribution in [1.29, 1.82) is 0 Å². The highest BCUT2D eigenvalue weighted by atomic mass is 15.3. The van der Waals surface area contributed by atoms with Crippen LogP contribution in [0.3, 0.4) is 0 Å². The smallest absolute Gasteiger partial charge is 0.159 e. The molecule has 0 spiro atoms. The van der Waals surface area contributed by atoms with E-state index in [0.717, 1.165) is 35.9 Å². The zero-order valence-corrected chi connectivity index (χ0v) is 10.4. The SMILES string of the molecule is CCCc1nc(NC)cc(-n2cc(C)cn2)n1. The molecule has 17 heavy (non-hydrogen) atoms. The van der Waals surface area contributed by atoms with Crippen molar-refractivity contribution in [1.82, 2.24) is 19.7 Å². The molecule has 2 aromatic rings. The molecule has 0 saturated carbocycles. The molecule has 2 aromatic heterocycles. The predicted molar refractivity (Wildman–Crippen MR) is 67.4 cm³/mol. The summed E-state index contributed by atoms with van der Waals surface area (Å²) in [6.07, 6.45) is 5.69. The number of nitrogens with zero attached hydrogens (tertiary/aromatic N) is 4. The van der Waals surface area contributed by atoms with Crippen molar-refractivity contribution in [2.45, 2.75) is 26.7 Å². The highest BCUT2D eigenvalue weighted by molar-refractivity contribution is 5.41. The Morgan fingerprint density at radius 3 is 2.76 bits per heavy atom. The highest BCUT2D eigenvalue weighted by Crippen LogP contribution is 2.11. The minimum Gasteiger partial charge on any atom is -0.373 e. The molecule has 0 atom stereocenters. The quantitative estimate of drug-likeness (QED) is 0.874. The van der Waals surface area contributed by atoms with Crippen LogP contribution in [0.1, 0.15) is 24.7 Å². The van der Waals surface area contributed by atoms with Crippen LogP contribution < -0.4 is 5.32 Å². The van der Waals surface area contributed by atoms with E-state index < -0.39 is 0 Å². The fourth-order valence-corrected chi connectivity index (χ4v) is 1.60. The number of hydrogen-bond acceptors (Lipinski definition) is 4. The summed E-state index contributed by atoms with van der Waals surface area (Å²) in [7, 11) is 1.86. The number of rotatable bonds is 4. The van der Waals surface area contributed by atoms with Crippen LogP contribution in [-0.4, -0.2) is 26.8 Å². The first-order chi connectivity index (χ1) is 8.22. The first-order valence-corrected chi connectivity index (χ1v) is 5.80. The van der Waals surface area contributed by atoms with Gasteiger partial charge in [-0.3, -0.25) is 0 Å². The largest absolute Gasteiger partial charge is 0.373 e. The Morgan fingerprint density at radius 2 is 2.18 bits per heavy atom. The van der Waals surface area contributed by atoms with Gasteiger partial charge in [-0.05, 0) is 18.9 Å². The van der Waals surface area contributed by atoms with Gasteiger partial charge in [-0.15, -0.1) is 0 Å². The minimum absolute atomic E-state index is 0.806. The van der Waals surface area contributed by atoms with Crippen LogP contribution in [-0.2, 0) is 6.42 Å². The van der Waals surface area contributed by atoms with Crippen LogP contribution >= 0.6 is 0 Å². The maximum absolute atomic E-state index is 4.50. The summed E-state index contributed by atoms with van der Waals surface area (Å²) in [5.41, 5.74) is 1.12. The van der Waals surface area contributed by atoms with Crippen molar-refractivity contribution in [3.63, 3.8) is 0 Å². The molecule has 2 rings (SSSR count). The summed E-state index contributed by atoms with van der Waals surface area (Å²) in [5.74, 6) is 2.48. The molecule has 0 aromatic carbocycles. The number of aryl methyl sites for hydroxylation is 2. The van der Waals surface area contributed by atoms with Gasteiger partial charge in [0.15, 0.2) is 5.82 Å². The summed E-state index contributed by atoms with van der Waals surface area (Å²) >= 11 is 0. The molecule has 0 radical (unpaired) electrons. The zero-order valence-electron chi connectivity index (χ0n) is 10.4. The van der Waals surface area contributed by atoms with Gasteiger partial charge in [0.2, 0.25) is 0 Å². The lowest BCUT2D eigenvalue weighted by atomic mass is 10.3. The lowest BCUT2D eigenvalue weighted by Gasteiger charge is -2.07. The number of nitrogens with one attached hydrogen (secondary N) is 1. The van der Waals surface area contributed by atoms with Gasteiger partial charge in [-0.1, -0.05) is 6.92 Å². The van der Waals surface area contributed by atoms with E-state index in [4.69, 9.17) is 0 Å². The van der Waals surface area contributed by atoms with E-state index in [1.807, 2.05) is 32.4 Å². The third-order valence-corrected chi connectivity index (χ3v) is 2.44. The van der Waals surface area contributed by atoms with Gasteiger partial charge in [0.25, 0.3) is 0 Å². The highest BCUT2D eigenvalue weighted by Gasteiger charge is 2.05. The summed E-state index contributed by atoms with van der Waals surface area (Å²) in [6, 6.07) is 1.89. The molecule has 2 heterocycles. The lowest BCUT2D eigenvalue weighted by Crippen LogP contribution is -2.06. The molecule has 1 N–H and O–H groups in total. The van der Waals surface area contributed by atoms with Crippen molar-refractivity contribution in [3.05, 3.63) is 29.8 Å². The molecule has 0 unspecified atom stereocenters. The van der Waals surface area contributed by atoms with E-state index >= 15 is 0 Å². The second-order valence-electron chi connectivity index (χ2n) is 3.99. The van der Waals surface area contributed by atoms with Gasteiger partial charge in [0, 0.05) is 25.7 Å². The van der Waals surface area contributed by atoms with Crippen molar-refractivity contribution in [2.75, 3.05) is 12.4 Å². The van der Waals surface area contributed by atoms with Crippen LogP contribution in [0, 0.1) is 6.92 Å². The Bertz CT molecular complexity index is 503. The number of hydrogen-bond donors (Lipinski definition) is 1. The Hall–Kier alpha value is -1.91. The summed E-state index contributed by atoms with van der Waals surface area (Å²) in [6.45, 7) is 4.13. The van der Waals surface area contributed by atoms with Crippen LogP contribution in [0.25, 0.3) is 5.82 Å². The molecular weight excluding hydrogens is 214 g/mol. The average Bonchev–Trinajstić information content (AvgIpc) is 2.76. The van der Waals surface area contributed by atoms with E-state index in [1.54, 1.807) is 4.68 Å². The van der Waals surface area contributed by atoms with Gasteiger partial charge in [0.05, 0.1) is 6.20 Å². The first kappa shape index (κ1) is 11.6. The van der Waals surface area contributed by atoms with Crippen LogP contribution in [0.5, 0.6) is 0 Å². The maximum atomic E-state index is 4.50. The van der Waals surface area contributed by atoms with Crippen LogP contribution in [0.4, 0.5) is 5.82 Å². The molecule has 5 nitrogen and oxygen atoms in total. The molecule has 0 saturated heterocycles. The molecule has 0 fully saturated rings. The molecular formula is C12H17N5. The van der Waals surface area contributed by atoms with E-state index in [9.17, 15) is 0 Å². The van der Waals surface area contributed by atoms with Crippen molar-refractivity contribution in [2.24, 2.45) is 0 Å². The van der Waals surface area contributed by atoms with E-state index in [2.05, 4.69) is 27.3 Å². The summed E-state index contributed by atoms with van der Waals surface area (Å²) in [5, 5.41) is 7.31. The third-order valence-electron chi connectivity index (χ3n) is 2.44. The first-order valence-electron chi connectivity index (χ1n) is 5.80. The van der Waals surface area contributed by atoms with Gasteiger partial charge in [-0.25, -0.2) is 14.6 Å². The lowest BCUT2D eigenvalue weighted by molar-refractivity contribution is 0.786. The van der Waals surface area contributed by atoms with Gasteiger partial charge < -0.3 is 5.32 Å². The zero-order chi connectivity index (χ0) is 12.3. The van der Waals surface area contributed by atoms with Gasteiger partial charge >= 0.3 is 0 Å². The maximum Gasteiger partial charge on any atom is 0.159 e. The standard InChI is InChI=1S/C12H17N5/c1-4-5-10-15-11(13-3)6-12(16-10)17-8-9(2)7-14-17/h6-8H,4-5H2,1-3H3,(H,13,15,16).